The van der Waals surface area contributed by atoms with Gasteiger partial charge in [0.15, 0.2) is 11.5 Å². The number of hydrogen-bond acceptors (Lipinski definition) is 6. The number of anilines is 1. The van der Waals surface area contributed by atoms with Crippen molar-refractivity contribution in [1.82, 2.24) is 9.21 Å². The van der Waals surface area contributed by atoms with E-state index in [4.69, 9.17) is 9.47 Å². The average molecular weight is 502 g/mol. The van der Waals surface area contributed by atoms with E-state index in [1.807, 2.05) is 4.90 Å². The minimum absolute atomic E-state index is 0.0535. The Hall–Kier alpha value is -2.78. The van der Waals surface area contributed by atoms with E-state index in [0.717, 1.165) is 13.1 Å². The number of ether oxygens (including phenoxy) is 2. The summed E-state index contributed by atoms with van der Waals surface area (Å²) < 4.78 is 38.7. The van der Waals surface area contributed by atoms with Crippen LogP contribution in [0.15, 0.2) is 41.3 Å². The third-order valence-corrected chi connectivity index (χ3v) is 9.10. The number of carbonyl (C=O) groups excluding carboxylic acids is 1. The topological polar surface area (TPSA) is 79.4 Å². The van der Waals surface area contributed by atoms with Gasteiger partial charge in [-0.05, 0) is 56.0 Å². The Bertz CT molecular complexity index is 1180. The number of hydrogen-bond donors (Lipinski definition) is 0. The van der Waals surface area contributed by atoms with E-state index in [2.05, 4.69) is 36.9 Å². The van der Waals surface area contributed by atoms with Crippen LogP contribution in [-0.4, -0.2) is 77.0 Å². The molecular formula is C26H35N3O5S. The highest BCUT2D eigenvalue weighted by Crippen LogP contribution is 2.32. The summed E-state index contributed by atoms with van der Waals surface area (Å²) in [7, 11) is -0.767. The fraction of sp³-hybridized carbons (Fsp3) is 0.500. The second-order valence-electron chi connectivity index (χ2n) is 9.25. The molecule has 0 unspecified atom stereocenters. The Labute approximate surface area is 208 Å². The summed E-state index contributed by atoms with van der Waals surface area (Å²) in [4.78, 5) is 17.7. The van der Waals surface area contributed by atoms with Crippen LogP contribution < -0.4 is 14.4 Å². The molecule has 0 N–H and O–H groups in total. The molecule has 4 rings (SSSR count). The molecular weight excluding hydrogens is 466 g/mol. The molecule has 0 aromatic heterocycles. The van der Waals surface area contributed by atoms with Crippen molar-refractivity contribution in [2.75, 3.05) is 58.4 Å². The minimum Gasteiger partial charge on any atom is -0.493 e. The van der Waals surface area contributed by atoms with Crippen molar-refractivity contribution in [2.24, 2.45) is 5.92 Å². The Morgan fingerprint density at radius 3 is 2.34 bits per heavy atom. The van der Waals surface area contributed by atoms with E-state index in [1.165, 1.54) is 47.5 Å². The highest BCUT2D eigenvalue weighted by Gasteiger charge is 2.36. The predicted molar refractivity (Wildman–Crippen MR) is 136 cm³/mol. The molecule has 2 saturated heterocycles. The zero-order valence-corrected chi connectivity index (χ0v) is 21.8. The summed E-state index contributed by atoms with van der Waals surface area (Å²) in [6.45, 7) is 7.69. The summed E-state index contributed by atoms with van der Waals surface area (Å²) in [5.41, 5.74) is 3.76. The maximum atomic E-state index is 13.4. The number of nitrogens with zero attached hydrogens (tertiary/aromatic N) is 3. The van der Waals surface area contributed by atoms with Crippen molar-refractivity contribution >= 4 is 21.6 Å². The predicted octanol–water partition coefficient (Wildman–Crippen LogP) is 3.07. The van der Waals surface area contributed by atoms with Gasteiger partial charge in [-0.2, -0.15) is 4.31 Å². The van der Waals surface area contributed by atoms with Crippen molar-refractivity contribution in [3.8, 4) is 11.5 Å². The maximum Gasteiger partial charge on any atom is 0.243 e. The first-order valence-corrected chi connectivity index (χ1v) is 13.5. The maximum absolute atomic E-state index is 13.4. The standard InChI is InChI=1S/C26H35N3O5S/c1-19-7-5-9-23(20(19)2)27-13-15-28(16-14-27)26(30)21-8-6-12-29(18-21)35(31,32)22-10-11-24(33-3)25(17-22)34-4/h5,7,9-11,17,21H,6,8,12-16,18H2,1-4H3/t21-/m0/s1. The minimum atomic E-state index is -3.75. The number of carbonyl (C=O) groups is 1. The summed E-state index contributed by atoms with van der Waals surface area (Å²) in [6, 6.07) is 10.9. The molecule has 0 aliphatic carbocycles. The zero-order chi connectivity index (χ0) is 25.2. The van der Waals surface area contributed by atoms with Gasteiger partial charge in [0.25, 0.3) is 0 Å². The number of benzene rings is 2. The third-order valence-electron chi connectivity index (χ3n) is 7.23. The van der Waals surface area contributed by atoms with Crippen LogP contribution in [0, 0.1) is 19.8 Å². The van der Waals surface area contributed by atoms with Crippen LogP contribution in [0.25, 0.3) is 0 Å². The number of amides is 1. The molecule has 2 aromatic carbocycles. The number of sulfonamides is 1. The van der Waals surface area contributed by atoms with Crippen molar-refractivity contribution in [3.05, 3.63) is 47.5 Å². The van der Waals surface area contributed by atoms with Crippen molar-refractivity contribution in [1.29, 1.82) is 0 Å². The molecule has 35 heavy (non-hydrogen) atoms. The van der Waals surface area contributed by atoms with Gasteiger partial charge in [-0.1, -0.05) is 12.1 Å². The monoisotopic (exact) mass is 501 g/mol. The van der Waals surface area contributed by atoms with Gasteiger partial charge in [0.1, 0.15) is 0 Å². The first kappa shape index (κ1) is 25.3. The van der Waals surface area contributed by atoms with Crippen molar-refractivity contribution in [3.63, 3.8) is 0 Å². The molecule has 9 heteroatoms. The molecule has 0 saturated carbocycles. The first-order valence-electron chi connectivity index (χ1n) is 12.1. The quantitative estimate of drug-likeness (QED) is 0.605. The summed E-state index contributed by atoms with van der Waals surface area (Å²) in [5, 5.41) is 0. The number of methoxy groups -OCH3 is 2. The molecule has 2 fully saturated rings. The first-order chi connectivity index (χ1) is 16.8. The second kappa shape index (κ2) is 10.5. The van der Waals surface area contributed by atoms with Gasteiger partial charge in [-0.15, -0.1) is 0 Å². The van der Waals surface area contributed by atoms with Gasteiger partial charge in [0.05, 0.1) is 25.0 Å². The normalized spacial score (nSPS) is 19.5. The lowest BCUT2D eigenvalue weighted by Gasteiger charge is -2.40. The van der Waals surface area contributed by atoms with Gasteiger partial charge in [0, 0.05) is 51.0 Å². The molecule has 0 spiro atoms. The molecule has 8 nitrogen and oxygen atoms in total. The molecule has 2 aliphatic rings. The van der Waals surface area contributed by atoms with Crippen LogP contribution in [-0.2, 0) is 14.8 Å². The molecule has 2 aliphatic heterocycles. The van der Waals surface area contributed by atoms with Crippen LogP contribution in [0.5, 0.6) is 11.5 Å². The van der Waals surface area contributed by atoms with Crippen LogP contribution in [0.2, 0.25) is 0 Å². The number of piperidine rings is 1. The lowest BCUT2D eigenvalue weighted by atomic mass is 9.97. The third kappa shape index (κ3) is 5.11. The van der Waals surface area contributed by atoms with Crippen LogP contribution in [0.3, 0.4) is 0 Å². The van der Waals surface area contributed by atoms with Crippen LogP contribution in [0.1, 0.15) is 24.0 Å². The molecule has 0 radical (unpaired) electrons. The van der Waals surface area contributed by atoms with E-state index in [0.29, 0.717) is 44.0 Å². The molecule has 2 aromatic rings. The highest BCUT2D eigenvalue weighted by molar-refractivity contribution is 7.89. The fourth-order valence-corrected chi connectivity index (χ4v) is 6.53. The highest BCUT2D eigenvalue weighted by atomic mass is 32.2. The molecule has 0 bridgehead atoms. The number of piperazine rings is 1. The fourth-order valence-electron chi connectivity index (χ4n) is 4.99. The van der Waals surface area contributed by atoms with E-state index < -0.39 is 10.0 Å². The van der Waals surface area contributed by atoms with Gasteiger partial charge < -0.3 is 19.3 Å². The van der Waals surface area contributed by atoms with Crippen LogP contribution in [0.4, 0.5) is 5.69 Å². The van der Waals surface area contributed by atoms with E-state index in [9.17, 15) is 13.2 Å². The Morgan fingerprint density at radius 2 is 1.66 bits per heavy atom. The summed E-state index contributed by atoms with van der Waals surface area (Å²) in [6.07, 6.45) is 1.36. The van der Waals surface area contributed by atoms with Crippen molar-refractivity contribution in [2.45, 2.75) is 31.6 Å². The summed E-state index contributed by atoms with van der Waals surface area (Å²) in [5.74, 6) is 0.557. The molecule has 190 valence electrons. The van der Waals surface area contributed by atoms with E-state index >= 15 is 0 Å². The van der Waals surface area contributed by atoms with Gasteiger partial charge in [-0.3, -0.25) is 4.79 Å². The molecule has 1 amide bonds. The smallest absolute Gasteiger partial charge is 0.243 e. The lowest BCUT2D eigenvalue weighted by molar-refractivity contribution is -0.137. The van der Waals surface area contributed by atoms with E-state index in [-0.39, 0.29) is 23.3 Å². The second-order valence-corrected chi connectivity index (χ2v) is 11.2. The largest absolute Gasteiger partial charge is 0.493 e. The Balaban J connectivity index is 1.42. The molecule has 1 atom stereocenters. The van der Waals surface area contributed by atoms with E-state index in [1.54, 1.807) is 6.07 Å². The Kier molecular flexibility index (Phi) is 7.56. The SMILES string of the molecule is COc1ccc(S(=O)(=O)N2CCC[C@H](C(=O)N3CCN(c4cccc(C)c4C)CC3)C2)cc1OC. The van der Waals surface area contributed by atoms with Gasteiger partial charge >= 0.3 is 0 Å². The number of aryl methyl sites for hydroxylation is 1. The molecule has 2 heterocycles. The lowest BCUT2D eigenvalue weighted by Crippen LogP contribution is -2.53. The van der Waals surface area contributed by atoms with Crippen LogP contribution >= 0.6 is 0 Å². The van der Waals surface area contributed by atoms with Gasteiger partial charge in [0.2, 0.25) is 15.9 Å². The van der Waals surface area contributed by atoms with Gasteiger partial charge in [-0.25, -0.2) is 8.42 Å². The number of rotatable bonds is 6. The average Bonchev–Trinajstić information content (AvgIpc) is 2.89. The Morgan fingerprint density at radius 1 is 0.943 bits per heavy atom. The van der Waals surface area contributed by atoms with Crippen molar-refractivity contribution < 1.29 is 22.7 Å². The summed E-state index contributed by atoms with van der Waals surface area (Å²) >= 11 is 0. The zero-order valence-electron chi connectivity index (χ0n) is 21.0.